The molecule has 0 N–H and O–H groups in total. The third-order valence-corrected chi connectivity index (χ3v) is 6.15. The van der Waals surface area contributed by atoms with Crippen LogP contribution in [0.2, 0.25) is 0 Å². The maximum Gasteiger partial charge on any atom is 0.243 e. The zero-order valence-corrected chi connectivity index (χ0v) is 19.4. The maximum absolute atomic E-state index is 11.3. The van der Waals surface area contributed by atoms with E-state index in [2.05, 4.69) is 45.3 Å². The van der Waals surface area contributed by atoms with Gasteiger partial charge < -0.3 is 4.74 Å². The number of fused-ring (bicyclic) bond motifs is 1. The van der Waals surface area contributed by atoms with Crippen molar-refractivity contribution in [1.29, 1.82) is 0 Å². The number of pyridine rings is 1. The van der Waals surface area contributed by atoms with E-state index in [1.54, 1.807) is 10.6 Å². The second-order valence-corrected chi connectivity index (χ2v) is 8.05. The van der Waals surface area contributed by atoms with Gasteiger partial charge in [0.05, 0.1) is 19.0 Å². The van der Waals surface area contributed by atoms with Gasteiger partial charge >= 0.3 is 0 Å². The van der Waals surface area contributed by atoms with E-state index in [0.29, 0.717) is 23.9 Å². The smallest absolute Gasteiger partial charge is 0.243 e. The van der Waals surface area contributed by atoms with Crippen LogP contribution in [-0.4, -0.2) is 44.2 Å². The molecule has 0 saturated heterocycles. The lowest BCUT2D eigenvalue weighted by Gasteiger charge is -2.16. The summed E-state index contributed by atoms with van der Waals surface area (Å²) in [4.78, 5) is 31.2. The summed E-state index contributed by atoms with van der Waals surface area (Å²) < 4.78 is 6.93. The number of hydrogen-bond donors (Lipinski definition) is 0. The summed E-state index contributed by atoms with van der Waals surface area (Å²) in [7, 11) is 1.47. The average Bonchev–Trinajstić information content (AvgIpc) is 3.31. The summed E-state index contributed by atoms with van der Waals surface area (Å²) in [5.41, 5.74) is 8.55. The maximum atomic E-state index is 11.3. The van der Waals surface area contributed by atoms with Crippen LogP contribution in [0.1, 0.15) is 32.2 Å². The molecule has 0 saturated carbocycles. The summed E-state index contributed by atoms with van der Waals surface area (Å²) in [5, 5.41) is 7.94. The summed E-state index contributed by atoms with van der Waals surface area (Å²) in [6.07, 6.45) is 4.79. The van der Waals surface area contributed by atoms with Crippen LogP contribution in [-0.2, 0) is 0 Å². The average molecular weight is 463 g/mol. The molecule has 3 aromatic heterocycles. The highest BCUT2D eigenvalue weighted by atomic mass is 16.5. The first-order valence-corrected chi connectivity index (χ1v) is 10.9. The second-order valence-electron chi connectivity index (χ2n) is 8.05. The highest BCUT2D eigenvalue weighted by molar-refractivity contribution is 5.84. The summed E-state index contributed by atoms with van der Waals surface area (Å²) >= 11 is 0. The molecule has 0 bridgehead atoms. The SMILES string of the molecule is COc1nc(-c2cccc(-c3cccc(-c4ccc5nnc(C=O)n5c4)c3C)c2C)cnc1C=O. The molecule has 2 aromatic carbocycles. The van der Waals surface area contributed by atoms with E-state index >= 15 is 0 Å². The molecule has 3 heterocycles. The van der Waals surface area contributed by atoms with Crippen molar-refractivity contribution < 1.29 is 14.3 Å². The number of carbonyl (C=O) groups excluding carboxylic acids is 2. The number of rotatable bonds is 6. The fraction of sp³-hybridized carbons (Fsp3) is 0.111. The molecule has 8 heteroatoms. The van der Waals surface area contributed by atoms with Gasteiger partial charge in [0.25, 0.3) is 0 Å². The van der Waals surface area contributed by atoms with Crippen LogP contribution in [0.15, 0.2) is 60.9 Å². The molecule has 5 rings (SSSR count). The summed E-state index contributed by atoms with van der Waals surface area (Å²) in [6.45, 7) is 4.12. The van der Waals surface area contributed by atoms with Crippen LogP contribution in [0.4, 0.5) is 0 Å². The van der Waals surface area contributed by atoms with E-state index in [9.17, 15) is 9.59 Å². The van der Waals surface area contributed by atoms with Crippen molar-refractivity contribution in [3.8, 4) is 39.4 Å². The van der Waals surface area contributed by atoms with Crippen LogP contribution in [0.3, 0.4) is 0 Å². The van der Waals surface area contributed by atoms with Crippen molar-refractivity contribution in [3.05, 3.63) is 83.6 Å². The predicted molar refractivity (Wildman–Crippen MR) is 132 cm³/mol. The Bertz CT molecular complexity index is 1610. The van der Waals surface area contributed by atoms with Gasteiger partial charge in [-0.25, -0.2) is 9.97 Å². The Balaban J connectivity index is 1.63. The van der Waals surface area contributed by atoms with Gasteiger partial charge in [-0.05, 0) is 59.4 Å². The largest absolute Gasteiger partial charge is 0.479 e. The molecule has 5 aromatic rings. The van der Waals surface area contributed by atoms with Crippen molar-refractivity contribution in [2.75, 3.05) is 7.11 Å². The molecular weight excluding hydrogens is 442 g/mol. The molecule has 0 fully saturated rings. The van der Waals surface area contributed by atoms with E-state index in [-0.39, 0.29) is 17.4 Å². The number of benzene rings is 2. The fourth-order valence-electron chi connectivity index (χ4n) is 4.34. The quantitative estimate of drug-likeness (QED) is 0.334. The van der Waals surface area contributed by atoms with E-state index in [0.717, 1.165) is 38.9 Å². The Kier molecular flexibility index (Phi) is 5.62. The molecule has 35 heavy (non-hydrogen) atoms. The van der Waals surface area contributed by atoms with Gasteiger partial charge in [0, 0.05) is 11.8 Å². The molecule has 0 atom stereocenters. The minimum absolute atomic E-state index is 0.163. The highest BCUT2D eigenvalue weighted by Gasteiger charge is 2.16. The van der Waals surface area contributed by atoms with Crippen LogP contribution < -0.4 is 4.74 Å². The topological polar surface area (TPSA) is 99.3 Å². The third-order valence-electron chi connectivity index (χ3n) is 6.15. The lowest BCUT2D eigenvalue weighted by Crippen LogP contribution is -2.00. The van der Waals surface area contributed by atoms with Gasteiger partial charge in [-0.1, -0.05) is 36.4 Å². The van der Waals surface area contributed by atoms with Crippen LogP contribution in [0.25, 0.3) is 39.2 Å². The van der Waals surface area contributed by atoms with Crippen molar-refractivity contribution in [3.63, 3.8) is 0 Å². The van der Waals surface area contributed by atoms with Gasteiger partial charge in [-0.2, -0.15) is 0 Å². The molecule has 0 spiro atoms. The van der Waals surface area contributed by atoms with Gasteiger partial charge in [0.15, 0.2) is 23.9 Å². The molecule has 8 nitrogen and oxygen atoms in total. The number of aromatic nitrogens is 5. The number of carbonyl (C=O) groups is 2. The molecule has 0 amide bonds. The van der Waals surface area contributed by atoms with Crippen molar-refractivity contribution in [2.45, 2.75) is 13.8 Å². The molecule has 0 aliphatic rings. The van der Waals surface area contributed by atoms with E-state index in [4.69, 9.17) is 4.74 Å². The first-order valence-electron chi connectivity index (χ1n) is 10.9. The van der Waals surface area contributed by atoms with Crippen molar-refractivity contribution >= 4 is 18.2 Å². The predicted octanol–water partition coefficient (Wildman–Crippen LogP) is 4.77. The lowest BCUT2D eigenvalue weighted by atomic mass is 9.89. The second kappa shape index (κ2) is 8.90. The zero-order valence-electron chi connectivity index (χ0n) is 19.4. The summed E-state index contributed by atoms with van der Waals surface area (Å²) in [5.74, 6) is 0.455. The number of methoxy groups -OCH3 is 1. The van der Waals surface area contributed by atoms with Crippen LogP contribution in [0, 0.1) is 13.8 Å². The fourth-order valence-corrected chi connectivity index (χ4v) is 4.34. The van der Waals surface area contributed by atoms with E-state index < -0.39 is 0 Å². The number of aldehydes is 2. The number of ether oxygens (including phenoxy) is 1. The first kappa shape index (κ1) is 22.1. The Hall–Kier alpha value is -4.72. The van der Waals surface area contributed by atoms with Crippen molar-refractivity contribution in [1.82, 2.24) is 24.6 Å². The summed E-state index contributed by atoms with van der Waals surface area (Å²) in [6, 6.07) is 16.0. The molecular formula is C27H21N5O3. The highest BCUT2D eigenvalue weighted by Crippen LogP contribution is 2.36. The van der Waals surface area contributed by atoms with Gasteiger partial charge in [0.1, 0.15) is 0 Å². The normalized spacial score (nSPS) is 10.9. The first-order chi connectivity index (χ1) is 17.0. The Morgan fingerprint density at radius 1 is 0.829 bits per heavy atom. The molecule has 0 aliphatic heterocycles. The minimum atomic E-state index is 0.163. The monoisotopic (exact) mass is 463 g/mol. The molecule has 0 aliphatic carbocycles. The van der Waals surface area contributed by atoms with Gasteiger partial charge in [-0.3, -0.25) is 14.0 Å². The van der Waals surface area contributed by atoms with Crippen LogP contribution >= 0.6 is 0 Å². The minimum Gasteiger partial charge on any atom is -0.479 e. The molecule has 0 unspecified atom stereocenters. The van der Waals surface area contributed by atoms with E-state index in [1.807, 2.05) is 43.5 Å². The van der Waals surface area contributed by atoms with Gasteiger partial charge in [0.2, 0.25) is 11.7 Å². The van der Waals surface area contributed by atoms with Gasteiger partial charge in [-0.15, -0.1) is 10.2 Å². The number of hydrogen-bond acceptors (Lipinski definition) is 7. The standard InChI is InChI=1S/C27H21N5O3/c1-16-19(18-10-11-25-30-31-26(15-34)32(25)13-18)6-4-7-20(16)21-8-5-9-22(17(21)2)23-12-28-24(14-33)27(29-23)35-3/h4-15H,1-3H3. The zero-order chi connectivity index (χ0) is 24.5. The van der Waals surface area contributed by atoms with Crippen molar-refractivity contribution in [2.24, 2.45) is 0 Å². The third kappa shape index (κ3) is 3.74. The number of nitrogens with zero attached hydrogens (tertiary/aromatic N) is 5. The Morgan fingerprint density at radius 3 is 2.20 bits per heavy atom. The van der Waals surface area contributed by atoms with E-state index in [1.165, 1.54) is 7.11 Å². The van der Waals surface area contributed by atoms with Crippen LogP contribution in [0.5, 0.6) is 5.88 Å². The Labute approximate surface area is 201 Å². The lowest BCUT2D eigenvalue weighted by molar-refractivity contribution is 0.110. The molecule has 0 radical (unpaired) electrons. The Morgan fingerprint density at radius 2 is 1.51 bits per heavy atom. The molecule has 172 valence electrons.